The molecule has 0 atom stereocenters. The van der Waals surface area contributed by atoms with Crippen molar-refractivity contribution in [1.82, 2.24) is 15.2 Å². The zero-order chi connectivity index (χ0) is 21.3. The predicted molar refractivity (Wildman–Crippen MR) is 110 cm³/mol. The zero-order valence-electron chi connectivity index (χ0n) is 16.3. The second-order valence-electron chi connectivity index (χ2n) is 7.10. The second-order valence-corrected chi connectivity index (χ2v) is 9.04. The molecule has 9 heteroatoms. The number of carbonyl (C=O) groups is 2. The van der Waals surface area contributed by atoms with Crippen LogP contribution in [-0.2, 0) is 10.0 Å². The number of hydrogen-bond acceptors (Lipinski definition) is 5. The number of carbonyl (C=O) groups excluding carboxylic acids is 2. The van der Waals surface area contributed by atoms with E-state index in [1.54, 1.807) is 19.1 Å². The summed E-state index contributed by atoms with van der Waals surface area (Å²) in [5, 5.41) is 0.814. The fraction of sp³-hybridized carbons (Fsp3) is 0.238. The lowest BCUT2D eigenvalue weighted by Crippen LogP contribution is -2.41. The molecular formula is C21H21N3O5S. The summed E-state index contributed by atoms with van der Waals surface area (Å²) in [6.45, 7) is 2.71. The molecule has 0 bridgehead atoms. The third-order valence-corrected chi connectivity index (χ3v) is 7.03. The summed E-state index contributed by atoms with van der Waals surface area (Å²) in [5.41, 5.74) is 5.99. The Morgan fingerprint density at radius 1 is 0.967 bits per heavy atom. The quantitative estimate of drug-likeness (QED) is 0.622. The fourth-order valence-electron chi connectivity index (χ4n) is 3.51. The van der Waals surface area contributed by atoms with E-state index in [1.165, 1.54) is 28.6 Å². The number of furan rings is 1. The van der Waals surface area contributed by atoms with Crippen LogP contribution < -0.4 is 10.9 Å². The van der Waals surface area contributed by atoms with Gasteiger partial charge in [-0.3, -0.25) is 20.4 Å². The van der Waals surface area contributed by atoms with Gasteiger partial charge in [-0.1, -0.05) is 24.3 Å². The van der Waals surface area contributed by atoms with Crippen molar-refractivity contribution in [3.05, 3.63) is 65.4 Å². The number of aryl methyl sites for hydroxylation is 1. The third kappa shape index (κ3) is 3.69. The number of sulfonamides is 1. The van der Waals surface area contributed by atoms with Crippen LogP contribution in [0.3, 0.4) is 0 Å². The van der Waals surface area contributed by atoms with Gasteiger partial charge in [0, 0.05) is 29.6 Å². The van der Waals surface area contributed by atoms with Crippen LogP contribution in [0, 0.1) is 6.92 Å². The normalized spacial score (nSPS) is 14.7. The molecular weight excluding hydrogens is 406 g/mol. The van der Waals surface area contributed by atoms with E-state index in [-0.39, 0.29) is 16.2 Å². The first-order valence-electron chi connectivity index (χ1n) is 9.57. The lowest BCUT2D eigenvalue weighted by molar-refractivity contribution is 0.0831. The highest BCUT2D eigenvalue weighted by molar-refractivity contribution is 7.89. The van der Waals surface area contributed by atoms with Crippen LogP contribution in [-0.4, -0.2) is 37.6 Å². The minimum absolute atomic E-state index is 0.0523. The molecule has 1 saturated heterocycles. The summed E-state index contributed by atoms with van der Waals surface area (Å²) in [5.74, 6) is -1.13. The van der Waals surface area contributed by atoms with Gasteiger partial charge in [-0.2, -0.15) is 4.31 Å². The average Bonchev–Trinajstić information content (AvgIpc) is 3.41. The Bertz CT molecular complexity index is 1230. The number of hydrazine groups is 1. The first kappa shape index (κ1) is 20.1. The standard InChI is InChI=1S/C21H21N3O5S/c1-14-17-9-2-3-10-18(17)29-19(14)21(26)23-22-20(25)15-7-6-8-16(13-15)30(27,28)24-11-4-5-12-24/h2-3,6-10,13H,4-5,11-12H2,1H3,(H,22,25)(H,23,26). The van der Waals surface area contributed by atoms with Gasteiger partial charge in [0.15, 0.2) is 5.76 Å². The van der Waals surface area contributed by atoms with Crippen LogP contribution in [0.4, 0.5) is 0 Å². The Morgan fingerprint density at radius 3 is 2.40 bits per heavy atom. The van der Waals surface area contributed by atoms with Crippen molar-refractivity contribution in [3.63, 3.8) is 0 Å². The molecule has 0 unspecified atom stereocenters. The minimum Gasteiger partial charge on any atom is -0.451 e. The van der Waals surface area contributed by atoms with Crippen molar-refractivity contribution in [2.24, 2.45) is 0 Å². The summed E-state index contributed by atoms with van der Waals surface area (Å²) in [6, 6.07) is 13.0. The Kier molecular flexibility index (Phi) is 5.31. The van der Waals surface area contributed by atoms with Gasteiger partial charge in [0.25, 0.3) is 5.91 Å². The SMILES string of the molecule is Cc1c(C(=O)NNC(=O)c2cccc(S(=O)(=O)N3CCCC3)c2)oc2ccccc12. The van der Waals surface area contributed by atoms with E-state index in [0.717, 1.165) is 18.2 Å². The number of benzene rings is 2. The molecule has 4 rings (SSSR count). The van der Waals surface area contributed by atoms with Crippen molar-refractivity contribution in [2.75, 3.05) is 13.1 Å². The highest BCUT2D eigenvalue weighted by Crippen LogP contribution is 2.25. The van der Waals surface area contributed by atoms with Gasteiger partial charge >= 0.3 is 5.91 Å². The number of nitrogens with zero attached hydrogens (tertiary/aromatic N) is 1. The fourth-order valence-corrected chi connectivity index (χ4v) is 5.07. The van der Waals surface area contributed by atoms with Crippen LogP contribution in [0.5, 0.6) is 0 Å². The zero-order valence-corrected chi connectivity index (χ0v) is 17.2. The molecule has 156 valence electrons. The van der Waals surface area contributed by atoms with E-state index in [1.807, 2.05) is 12.1 Å². The molecule has 1 aromatic heterocycles. The summed E-state index contributed by atoms with van der Waals surface area (Å²) in [7, 11) is -3.64. The maximum Gasteiger partial charge on any atom is 0.305 e. The Balaban J connectivity index is 1.47. The highest BCUT2D eigenvalue weighted by Gasteiger charge is 2.27. The molecule has 0 saturated carbocycles. The molecule has 1 aliphatic rings. The molecule has 2 N–H and O–H groups in total. The Labute approximate surface area is 173 Å². The van der Waals surface area contributed by atoms with E-state index in [4.69, 9.17) is 4.42 Å². The van der Waals surface area contributed by atoms with Gasteiger partial charge in [-0.15, -0.1) is 0 Å². The number of fused-ring (bicyclic) bond motifs is 1. The Hall–Kier alpha value is -3.17. The van der Waals surface area contributed by atoms with Gasteiger partial charge in [-0.05, 0) is 44.0 Å². The Morgan fingerprint density at radius 2 is 1.67 bits per heavy atom. The number of rotatable bonds is 4. The first-order chi connectivity index (χ1) is 14.4. The van der Waals surface area contributed by atoms with Crippen LogP contribution in [0.1, 0.15) is 39.3 Å². The maximum absolute atomic E-state index is 12.7. The van der Waals surface area contributed by atoms with E-state index < -0.39 is 21.8 Å². The molecule has 2 heterocycles. The van der Waals surface area contributed by atoms with E-state index in [2.05, 4.69) is 10.9 Å². The van der Waals surface area contributed by atoms with Crippen molar-refractivity contribution in [1.29, 1.82) is 0 Å². The lowest BCUT2D eigenvalue weighted by atomic mass is 10.1. The van der Waals surface area contributed by atoms with Crippen molar-refractivity contribution >= 4 is 32.8 Å². The van der Waals surface area contributed by atoms with E-state index in [0.29, 0.717) is 24.2 Å². The first-order valence-corrected chi connectivity index (χ1v) is 11.0. The van der Waals surface area contributed by atoms with Crippen molar-refractivity contribution < 1.29 is 22.4 Å². The molecule has 0 aliphatic carbocycles. The maximum atomic E-state index is 12.7. The predicted octanol–water partition coefficient (Wildman–Crippen LogP) is 2.60. The van der Waals surface area contributed by atoms with Crippen LogP contribution in [0.15, 0.2) is 57.8 Å². The molecule has 1 fully saturated rings. The summed E-state index contributed by atoms with van der Waals surface area (Å²) in [6.07, 6.45) is 1.65. The number of hydrogen-bond donors (Lipinski definition) is 2. The summed E-state index contributed by atoms with van der Waals surface area (Å²) in [4.78, 5) is 25.0. The molecule has 0 spiro atoms. The van der Waals surface area contributed by atoms with E-state index >= 15 is 0 Å². The van der Waals surface area contributed by atoms with Gasteiger partial charge < -0.3 is 4.42 Å². The molecule has 2 amide bonds. The van der Waals surface area contributed by atoms with Crippen molar-refractivity contribution in [3.8, 4) is 0 Å². The highest BCUT2D eigenvalue weighted by atomic mass is 32.2. The third-order valence-electron chi connectivity index (χ3n) is 5.14. The van der Waals surface area contributed by atoms with Crippen LogP contribution in [0.2, 0.25) is 0 Å². The topological polar surface area (TPSA) is 109 Å². The smallest absolute Gasteiger partial charge is 0.305 e. The van der Waals surface area contributed by atoms with Gasteiger partial charge in [0.2, 0.25) is 10.0 Å². The van der Waals surface area contributed by atoms with E-state index in [9.17, 15) is 18.0 Å². The van der Waals surface area contributed by atoms with Gasteiger partial charge in [-0.25, -0.2) is 8.42 Å². The van der Waals surface area contributed by atoms with Gasteiger partial charge in [0.1, 0.15) is 5.58 Å². The monoisotopic (exact) mass is 427 g/mol. The molecule has 2 aromatic carbocycles. The van der Waals surface area contributed by atoms with Crippen LogP contribution >= 0.6 is 0 Å². The molecule has 8 nitrogen and oxygen atoms in total. The average molecular weight is 427 g/mol. The number of para-hydroxylation sites is 1. The van der Waals surface area contributed by atoms with Crippen LogP contribution in [0.25, 0.3) is 11.0 Å². The lowest BCUT2D eigenvalue weighted by Gasteiger charge is -2.16. The minimum atomic E-state index is -3.64. The largest absolute Gasteiger partial charge is 0.451 e. The molecule has 30 heavy (non-hydrogen) atoms. The second kappa shape index (κ2) is 7.92. The number of amides is 2. The molecule has 0 radical (unpaired) electrons. The molecule has 1 aliphatic heterocycles. The number of nitrogens with one attached hydrogen (secondary N) is 2. The van der Waals surface area contributed by atoms with Gasteiger partial charge in [0.05, 0.1) is 4.90 Å². The van der Waals surface area contributed by atoms with Crippen molar-refractivity contribution in [2.45, 2.75) is 24.7 Å². The molecule has 3 aromatic rings. The summed E-state index contributed by atoms with van der Waals surface area (Å²) >= 11 is 0. The summed E-state index contributed by atoms with van der Waals surface area (Å²) < 4.78 is 32.4.